The van der Waals surface area contributed by atoms with Gasteiger partial charge in [-0.1, -0.05) is 91.0 Å². The Morgan fingerprint density at radius 1 is 0.730 bits per heavy atom. The van der Waals surface area contributed by atoms with Gasteiger partial charge < -0.3 is 10.2 Å². The molecule has 0 saturated carbocycles. The van der Waals surface area contributed by atoms with Crippen LogP contribution in [0.3, 0.4) is 0 Å². The van der Waals surface area contributed by atoms with Crippen LogP contribution in [-0.2, 0) is 24.3 Å². The summed E-state index contributed by atoms with van der Waals surface area (Å²) < 4.78 is 0. The molecule has 188 valence electrons. The van der Waals surface area contributed by atoms with Crippen LogP contribution in [0.2, 0.25) is 0 Å². The number of aromatic nitrogens is 1. The van der Waals surface area contributed by atoms with E-state index in [0.29, 0.717) is 13.0 Å². The summed E-state index contributed by atoms with van der Waals surface area (Å²) in [7, 11) is 0. The maximum atomic E-state index is 13.7. The Kier molecular flexibility index (Phi) is 8.36. The van der Waals surface area contributed by atoms with Crippen molar-refractivity contribution >= 4 is 5.91 Å². The van der Waals surface area contributed by atoms with Gasteiger partial charge in [-0.05, 0) is 35.2 Å². The van der Waals surface area contributed by atoms with E-state index >= 15 is 0 Å². The molecular weight excluding hydrogens is 456 g/mol. The maximum Gasteiger partial charge on any atom is 0.240 e. The highest BCUT2D eigenvalue weighted by atomic mass is 16.2. The number of benzene rings is 3. The van der Waals surface area contributed by atoms with Crippen molar-refractivity contribution in [2.75, 3.05) is 26.2 Å². The summed E-state index contributed by atoms with van der Waals surface area (Å²) in [6.45, 7) is 4.89. The Balaban J connectivity index is 1.21. The first-order valence-electron chi connectivity index (χ1n) is 13.1. The average Bonchev–Trinajstić information content (AvgIpc) is 2.97. The topological polar surface area (TPSA) is 48.5 Å². The molecule has 37 heavy (non-hydrogen) atoms. The van der Waals surface area contributed by atoms with Gasteiger partial charge in [0.25, 0.3) is 0 Å². The van der Waals surface area contributed by atoms with E-state index in [2.05, 4.69) is 81.9 Å². The van der Waals surface area contributed by atoms with Gasteiger partial charge in [0.05, 0.1) is 11.7 Å². The zero-order valence-corrected chi connectivity index (χ0v) is 21.2. The van der Waals surface area contributed by atoms with Gasteiger partial charge in [-0.25, -0.2) is 0 Å². The van der Waals surface area contributed by atoms with E-state index in [1.807, 2.05) is 47.5 Å². The summed E-state index contributed by atoms with van der Waals surface area (Å²) in [5.74, 6) is 0.188. The Morgan fingerprint density at radius 2 is 1.38 bits per heavy atom. The molecule has 1 aliphatic heterocycles. The van der Waals surface area contributed by atoms with Gasteiger partial charge in [-0.3, -0.25) is 14.7 Å². The van der Waals surface area contributed by atoms with E-state index in [0.717, 1.165) is 49.5 Å². The number of rotatable bonds is 9. The van der Waals surface area contributed by atoms with Crippen LogP contribution < -0.4 is 5.32 Å². The van der Waals surface area contributed by atoms with Gasteiger partial charge in [0.15, 0.2) is 0 Å². The minimum Gasteiger partial charge on any atom is -0.339 e. The van der Waals surface area contributed by atoms with Crippen LogP contribution >= 0.6 is 0 Å². The van der Waals surface area contributed by atoms with Crippen molar-refractivity contribution in [2.24, 2.45) is 0 Å². The van der Waals surface area contributed by atoms with E-state index in [9.17, 15) is 4.79 Å². The number of amides is 1. The molecular formula is C32H34N4O. The standard InChI is InChI=1S/C32H34N4O/c37-32(36-21-19-35(20-22-36)25-28-11-5-2-6-12-28)31(23-26-9-3-1-4-10-26)34-24-27-14-16-29(17-15-27)30-13-7-8-18-33-30/h1-18,31,34H,19-25H2/t31-/m0/s1. The van der Waals surface area contributed by atoms with Crippen molar-refractivity contribution in [1.29, 1.82) is 0 Å². The van der Waals surface area contributed by atoms with Gasteiger partial charge in [0.1, 0.15) is 0 Å². The second-order valence-corrected chi connectivity index (χ2v) is 9.62. The smallest absolute Gasteiger partial charge is 0.240 e. The summed E-state index contributed by atoms with van der Waals surface area (Å²) in [6, 6.07) is 34.9. The first-order valence-corrected chi connectivity index (χ1v) is 13.1. The van der Waals surface area contributed by atoms with Crippen molar-refractivity contribution in [1.82, 2.24) is 20.1 Å². The third kappa shape index (κ3) is 6.91. The SMILES string of the molecule is O=C([C@H](Cc1ccccc1)NCc1ccc(-c2ccccn2)cc1)N1CCN(Cc2ccccc2)CC1. The number of carbonyl (C=O) groups is 1. The fourth-order valence-electron chi connectivity index (χ4n) is 4.85. The number of pyridine rings is 1. The van der Waals surface area contributed by atoms with Gasteiger partial charge >= 0.3 is 0 Å². The Morgan fingerprint density at radius 3 is 2.03 bits per heavy atom. The van der Waals surface area contributed by atoms with Crippen LogP contribution in [0.15, 0.2) is 109 Å². The number of piperazine rings is 1. The molecule has 5 heteroatoms. The fraction of sp³-hybridized carbons (Fsp3) is 0.250. The summed E-state index contributed by atoms with van der Waals surface area (Å²) >= 11 is 0. The van der Waals surface area contributed by atoms with Gasteiger partial charge in [0, 0.05) is 51.0 Å². The van der Waals surface area contributed by atoms with Crippen LogP contribution in [0.5, 0.6) is 0 Å². The first kappa shape index (κ1) is 24.9. The largest absolute Gasteiger partial charge is 0.339 e. The van der Waals surface area contributed by atoms with Gasteiger partial charge in [-0.2, -0.15) is 0 Å². The highest BCUT2D eigenvalue weighted by molar-refractivity contribution is 5.82. The average molecular weight is 491 g/mol. The van der Waals surface area contributed by atoms with Crippen LogP contribution in [0, 0.1) is 0 Å². The molecule has 1 atom stereocenters. The quantitative estimate of drug-likeness (QED) is 0.366. The van der Waals surface area contributed by atoms with Crippen molar-refractivity contribution < 1.29 is 4.79 Å². The minimum absolute atomic E-state index is 0.188. The van der Waals surface area contributed by atoms with E-state index in [1.165, 1.54) is 11.1 Å². The zero-order chi connectivity index (χ0) is 25.3. The molecule has 3 aromatic carbocycles. The zero-order valence-electron chi connectivity index (χ0n) is 21.2. The Hall–Kier alpha value is -3.80. The van der Waals surface area contributed by atoms with E-state index in [4.69, 9.17) is 0 Å². The molecule has 1 aromatic heterocycles. The lowest BCUT2D eigenvalue weighted by molar-refractivity contribution is -0.135. The van der Waals surface area contributed by atoms with Crippen LogP contribution in [0.1, 0.15) is 16.7 Å². The number of nitrogens with one attached hydrogen (secondary N) is 1. The molecule has 1 saturated heterocycles. The van der Waals surface area contributed by atoms with Crippen LogP contribution in [-0.4, -0.2) is 52.9 Å². The number of hydrogen-bond donors (Lipinski definition) is 1. The molecule has 0 aliphatic carbocycles. The molecule has 0 unspecified atom stereocenters. The summed E-state index contributed by atoms with van der Waals surface area (Å²) in [6.07, 6.45) is 2.49. The van der Waals surface area contributed by atoms with Crippen molar-refractivity contribution in [3.63, 3.8) is 0 Å². The van der Waals surface area contributed by atoms with E-state index in [1.54, 1.807) is 0 Å². The lowest BCUT2D eigenvalue weighted by Crippen LogP contribution is -2.54. The summed E-state index contributed by atoms with van der Waals surface area (Å²) in [4.78, 5) is 22.6. The molecule has 2 heterocycles. The molecule has 0 spiro atoms. The second-order valence-electron chi connectivity index (χ2n) is 9.62. The van der Waals surface area contributed by atoms with Gasteiger partial charge in [0.2, 0.25) is 5.91 Å². The molecule has 1 amide bonds. The number of carbonyl (C=O) groups excluding carboxylic acids is 1. The normalized spacial score (nSPS) is 14.9. The summed E-state index contributed by atoms with van der Waals surface area (Å²) in [5, 5.41) is 3.57. The molecule has 4 aromatic rings. The minimum atomic E-state index is -0.265. The second kappa shape index (κ2) is 12.4. The lowest BCUT2D eigenvalue weighted by Gasteiger charge is -2.36. The lowest BCUT2D eigenvalue weighted by atomic mass is 10.0. The molecule has 0 bridgehead atoms. The Labute approximate surface area is 219 Å². The molecule has 5 rings (SSSR count). The van der Waals surface area contributed by atoms with E-state index < -0.39 is 0 Å². The van der Waals surface area contributed by atoms with Crippen molar-refractivity contribution in [2.45, 2.75) is 25.6 Å². The van der Waals surface area contributed by atoms with Crippen molar-refractivity contribution in [3.05, 3.63) is 126 Å². The predicted octanol–water partition coefficient (Wildman–Crippen LogP) is 4.79. The summed E-state index contributed by atoms with van der Waals surface area (Å²) in [5.41, 5.74) is 5.69. The molecule has 0 radical (unpaired) electrons. The molecule has 1 fully saturated rings. The third-order valence-electron chi connectivity index (χ3n) is 6.98. The Bertz CT molecular complexity index is 1240. The van der Waals surface area contributed by atoms with Crippen molar-refractivity contribution in [3.8, 4) is 11.3 Å². The molecule has 1 aliphatic rings. The van der Waals surface area contributed by atoms with Gasteiger partial charge in [-0.15, -0.1) is 0 Å². The van der Waals surface area contributed by atoms with Crippen LogP contribution in [0.4, 0.5) is 0 Å². The molecule has 1 N–H and O–H groups in total. The highest BCUT2D eigenvalue weighted by Gasteiger charge is 2.27. The number of hydrogen-bond acceptors (Lipinski definition) is 4. The highest BCUT2D eigenvalue weighted by Crippen LogP contribution is 2.17. The van der Waals surface area contributed by atoms with Crippen LogP contribution in [0.25, 0.3) is 11.3 Å². The van der Waals surface area contributed by atoms with E-state index in [-0.39, 0.29) is 11.9 Å². The fourth-order valence-corrected chi connectivity index (χ4v) is 4.85. The number of nitrogens with zero attached hydrogens (tertiary/aromatic N) is 3. The monoisotopic (exact) mass is 490 g/mol. The first-order chi connectivity index (χ1) is 18.2. The molecule has 5 nitrogen and oxygen atoms in total. The third-order valence-corrected chi connectivity index (χ3v) is 6.98. The maximum absolute atomic E-state index is 13.7. The predicted molar refractivity (Wildman–Crippen MR) is 149 cm³/mol.